The van der Waals surface area contributed by atoms with Crippen molar-refractivity contribution >= 4 is 16.8 Å². The molecule has 0 saturated carbocycles. The number of imidazole rings is 1. The Morgan fingerprint density at radius 2 is 2.14 bits per heavy atom. The van der Waals surface area contributed by atoms with Crippen LogP contribution in [-0.2, 0) is 11.3 Å². The normalized spacial score (nSPS) is 10.8. The van der Waals surface area contributed by atoms with Crippen molar-refractivity contribution < 1.29 is 9.84 Å². The zero-order valence-corrected chi connectivity index (χ0v) is 12.5. The van der Waals surface area contributed by atoms with Gasteiger partial charge in [0.1, 0.15) is 12.1 Å². The van der Waals surface area contributed by atoms with Gasteiger partial charge >= 0.3 is 0 Å². The lowest BCUT2D eigenvalue weighted by atomic mass is 10.1. The van der Waals surface area contributed by atoms with Crippen LogP contribution in [0.1, 0.15) is 18.1 Å². The fraction of sp³-hybridized carbons (Fsp3) is 0.167. The molecular formula is C18H18N2O2. The molecule has 0 radical (unpaired) electrons. The molecule has 0 saturated heterocycles. The molecule has 3 aromatic rings. The minimum atomic E-state index is 0.0266. The van der Waals surface area contributed by atoms with Crippen LogP contribution >= 0.6 is 0 Å². The highest BCUT2D eigenvalue weighted by molar-refractivity contribution is 5.81. The molecule has 1 aromatic heterocycles. The number of hydrogen-bond donors (Lipinski definition) is 1. The summed E-state index contributed by atoms with van der Waals surface area (Å²) in [6.45, 7) is 6.48. The monoisotopic (exact) mass is 294 g/mol. The van der Waals surface area contributed by atoms with Gasteiger partial charge in [-0.2, -0.15) is 0 Å². The van der Waals surface area contributed by atoms with E-state index in [1.54, 1.807) is 6.33 Å². The first-order valence-electron chi connectivity index (χ1n) is 7.22. The van der Waals surface area contributed by atoms with E-state index in [1.807, 2.05) is 54.0 Å². The van der Waals surface area contributed by atoms with Crippen molar-refractivity contribution in [2.75, 3.05) is 6.61 Å². The van der Waals surface area contributed by atoms with Crippen molar-refractivity contribution in [3.05, 3.63) is 66.5 Å². The van der Waals surface area contributed by atoms with Gasteiger partial charge in [0.2, 0.25) is 0 Å². The Hall–Kier alpha value is -2.59. The Kier molecular flexibility index (Phi) is 3.94. The minimum absolute atomic E-state index is 0.0266. The summed E-state index contributed by atoms with van der Waals surface area (Å²) in [6.07, 6.45) is 1.79. The summed E-state index contributed by atoms with van der Waals surface area (Å²) >= 11 is 0. The first kappa shape index (κ1) is 14.4. The van der Waals surface area contributed by atoms with Gasteiger partial charge in [-0.25, -0.2) is 4.98 Å². The van der Waals surface area contributed by atoms with Crippen molar-refractivity contribution in [3.63, 3.8) is 0 Å². The second kappa shape index (κ2) is 6.03. The molecule has 4 heteroatoms. The van der Waals surface area contributed by atoms with Gasteiger partial charge in [0.15, 0.2) is 0 Å². The SMILES string of the molecule is C=C(OCC)c1ccc2c(c1)ncn2-c1cccc(CO)c1. The van der Waals surface area contributed by atoms with Crippen LogP contribution in [0.5, 0.6) is 0 Å². The summed E-state index contributed by atoms with van der Waals surface area (Å²) in [7, 11) is 0. The van der Waals surface area contributed by atoms with Crippen molar-refractivity contribution in [1.82, 2.24) is 9.55 Å². The summed E-state index contributed by atoms with van der Waals surface area (Å²) in [5.74, 6) is 0.654. The highest BCUT2D eigenvalue weighted by Crippen LogP contribution is 2.23. The van der Waals surface area contributed by atoms with Crippen LogP contribution in [0.15, 0.2) is 55.4 Å². The predicted molar refractivity (Wildman–Crippen MR) is 87.7 cm³/mol. The maximum absolute atomic E-state index is 9.27. The van der Waals surface area contributed by atoms with Crippen LogP contribution in [-0.4, -0.2) is 21.3 Å². The van der Waals surface area contributed by atoms with E-state index >= 15 is 0 Å². The first-order valence-corrected chi connectivity index (χ1v) is 7.22. The van der Waals surface area contributed by atoms with Gasteiger partial charge in [-0.3, -0.25) is 4.57 Å². The third-order valence-electron chi connectivity index (χ3n) is 3.56. The van der Waals surface area contributed by atoms with Crippen molar-refractivity contribution in [2.45, 2.75) is 13.5 Å². The van der Waals surface area contributed by atoms with E-state index in [0.717, 1.165) is 27.8 Å². The Labute approximate surface area is 129 Å². The fourth-order valence-corrected chi connectivity index (χ4v) is 2.45. The number of rotatable bonds is 5. The van der Waals surface area contributed by atoms with Crippen molar-refractivity contribution in [1.29, 1.82) is 0 Å². The van der Waals surface area contributed by atoms with E-state index in [-0.39, 0.29) is 6.61 Å². The Bertz CT molecular complexity index is 821. The van der Waals surface area contributed by atoms with Crippen LogP contribution in [0.2, 0.25) is 0 Å². The molecule has 0 spiro atoms. The van der Waals surface area contributed by atoms with Crippen LogP contribution in [0.3, 0.4) is 0 Å². The smallest absolute Gasteiger partial charge is 0.119 e. The summed E-state index contributed by atoms with van der Waals surface area (Å²) in [6, 6.07) is 13.7. The van der Waals surface area contributed by atoms with E-state index in [1.165, 1.54) is 0 Å². The zero-order valence-electron chi connectivity index (χ0n) is 12.5. The molecule has 0 unspecified atom stereocenters. The van der Waals surface area contributed by atoms with Gasteiger partial charge in [-0.05, 0) is 42.8 Å². The molecule has 0 amide bonds. The molecule has 3 rings (SSSR count). The third-order valence-corrected chi connectivity index (χ3v) is 3.56. The molecule has 4 nitrogen and oxygen atoms in total. The Morgan fingerprint density at radius 1 is 1.27 bits per heavy atom. The highest BCUT2D eigenvalue weighted by atomic mass is 16.5. The molecule has 0 atom stereocenters. The highest BCUT2D eigenvalue weighted by Gasteiger charge is 2.08. The van der Waals surface area contributed by atoms with Gasteiger partial charge < -0.3 is 9.84 Å². The second-order valence-corrected chi connectivity index (χ2v) is 5.00. The number of aliphatic hydroxyl groups excluding tert-OH is 1. The standard InChI is InChI=1S/C18H18N2O2/c1-3-22-13(2)15-7-8-18-17(10-15)19-12-20(18)16-6-4-5-14(9-16)11-21/h4-10,12,21H,2-3,11H2,1H3. The molecule has 1 N–H and O–H groups in total. The molecule has 2 aromatic carbocycles. The average Bonchev–Trinajstić information content (AvgIpc) is 2.98. The predicted octanol–water partition coefficient (Wildman–Crippen LogP) is 3.53. The Balaban J connectivity index is 2.03. The van der Waals surface area contributed by atoms with Crippen LogP contribution in [0.4, 0.5) is 0 Å². The molecule has 22 heavy (non-hydrogen) atoms. The van der Waals surface area contributed by atoms with E-state index in [2.05, 4.69) is 11.6 Å². The number of nitrogens with zero attached hydrogens (tertiary/aromatic N) is 2. The lowest BCUT2D eigenvalue weighted by Gasteiger charge is -2.08. The van der Waals surface area contributed by atoms with E-state index in [9.17, 15) is 5.11 Å². The maximum atomic E-state index is 9.27. The summed E-state index contributed by atoms with van der Waals surface area (Å²) in [5, 5.41) is 9.27. The summed E-state index contributed by atoms with van der Waals surface area (Å²) < 4.78 is 7.44. The average molecular weight is 294 g/mol. The third kappa shape index (κ3) is 2.61. The van der Waals surface area contributed by atoms with Gasteiger partial charge in [-0.15, -0.1) is 0 Å². The van der Waals surface area contributed by atoms with E-state index < -0.39 is 0 Å². The van der Waals surface area contributed by atoms with Crippen molar-refractivity contribution in [2.24, 2.45) is 0 Å². The van der Waals surface area contributed by atoms with Crippen LogP contribution < -0.4 is 0 Å². The maximum Gasteiger partial charge on any atom is 0.119 e. The zero-order chi connectivity index (χ0) is 15.5. The fourth-order valence-electron chi connectivity index (χ4n) is 2.45. The topological polar surface area (TPSA) is 47.3 Å². The quantitative estimate of drug-likeness (QED) is 0.732. The number of benzene rings is 2. The molecule has 0 aliphatic rings. The second-order valence-electron chi connectivity index (χ2n) is 5.00. The molecule has 112 valence electrons. The Morgan fingerprint density at radius 3 is 2.91 bits per heavy atom. The first-order chi connectivity index (χ1) is 10.7. The lowest BCUT2D eigenvalue weighted by molar-refractivity contribution is 0.282. The summed E-state index contributed by atoms with van der Waals surface area (Å²) in [5.41, 5.74) is 4.67. The molecule has 0 aliphatic carbocycles. The molecule has 0 bridgehead atoms. The number of aliphatic hydroxyl groups is 1. The van der Waals surface area contributed by atoms with Crippen LogP contribution in [0.25, 0.3) is 22.5 Å². The number of ether oxygens (including phenoxy) is 1. The molecular weight excluding hydrogens is 276 g/mol. The minimum Gasteiger partial charge on any atom is -0.494 e. The number of aromatic nitrogens is 2. The van der Waals surface area contributed by atoms with Crippen molar-refractivity contribution in [3.8, 4) is 5.69 Å². The molecule has 0 aliphatic heterocycles. The lowest BCUT2D eigenvalue weighted by Crippen LogP contribution is -1.94. The summed E-state index contributed by atoms with van der Waals surface area (Å²) in [4.78, 5) is 4.46. The largest absolute Gasteiger partial charge is 0.494 e. The van der Waals surface area contributed by atoms with E-state index in [4.69, 9.17) is 4.74 Å². The van der Waals surface area contributed by atoms with Crippen LogP contribution in [0, 0.1) is 0 Å². The van der Waals surface area contributed by atoms with Gasteiger partial charge in [0.25, 0.3) is 0 Å². The molecule has 0 fully saturated rings. The van der Waals surface area contributed by atoms with Gasteiger partial charge in [0, 0.05) is 11.3 Å². The van der Waals surface area contributed by atoms with E-state index in [0.29, 0.717) is 12.4 Å². The van der Waals surface area contributed by atoms with Gasteiger partial charge in [-0.1, -0.05) is 18.7 Å². The number of hydrogen-bond acceptors (Lipinski definition) is 3. The molecule has 1 heterocycles. The van der Waals surface area contributed by atoms with Gasteiger partial charge in [0.05, 0.1) is 24.2 Å². The number of fused-ring (bicyclic) bond motifs is 1.